The maximum atomic E-state index is 10.8. The minimum atomic E-state index is -0.348. The molecule has 0 fully saturated rings. The lowest BCUT2D eigenvalue weighted by Crippen LogP contribution is -2.40. The smallest absolute Gasteiger partial charge is 0.235 e. The van der Waals surface area contributed by atoms with Gasteiger partial charge in [0.05, 0.1) is 6.04 Å². The monoisotopic (exact) mass is 218 g/mol. The highest BCUT2D eigenvalue weighted by atomic mass is 32.2. The lowest BCUT2D eigenvalue weighted by molar-refractivity contribution is -0.119. The van der Waals surface area contributed by atoms with Gasteiger partial charge < -0.3 is 11.1 Å². The van der Waals surface area contributed by atoms with Crippen LogP contribution in [-0.2, 0) is 4.79 Å². The fourth-order valence-corrected chi connectivity index (χ4v) is 2.27. The summed E-state index contributed by atoms with van der Waals surface area (Å²) < 4.78 is 4.69. The van der Waals surface area contributed by atoms with Crippen molar-refractivity contribution in [2.45, 2.75) is 10.4 Å². The van der Waals surface area contributed by atoms with Crippen LogP contribution in [0.3, 0.4) is 0 Å². The minimum Gasteiger partial charge on any atom is -0.368 e. The molecule has 3 N–H and O–H groups in total. The molecule has 1 heterocycles. The standard InChI is InChI=1S/C6H10N4OS2/c1-8-4(5(7)11)2-12-6-9-3-10-13-6/h3-4,8H,2H2,1H3,(H2,7,11). The van der Waals surface area contributed by atoms with Gasteiger partial charge in [-0.15, -0.1) is 0 Å². The van der Waals surface area contributed by atoms with E-state index in [-0.39, 0.29) is 11.9 Å². The van der Waals surface area contributed by atoms with Gasteiger partial charge in [0.2, 0.25) is 5.91 Å². The summed E-state index contributed by atoms with van der Waals surface area (Å²) in [4.78, 5) is 14.8. The van der Waals surface area contributed by atoms with Crippen LogP contribution in [0.25, 0.3) is 0 Å². The lowest BCUT2D eigenvalue weighted by atomic mass is 10.3. The molecular formula is C6H10N4OS2. The molecule has 0 bridgehead atoms. The van der Waals surface area contributed by atoms with Gasteiger partial charge in [0.15, 0.2) is 4.34 Å². The Morgan fingerprint density at radius 3 is 3.15 bits per heavy atom. The highest BCUT2D eigenvalue weighted by molar-refractivity contribution is 8.01. The molecule has 1 atom stereocenters. The zero-order valence-corrected chi connectivity index (χ0v) is 8.69. The number of nitrogens with zero attached hydrogens (tertiary/aromatic N) is 2. The molecule has 0 radical (unpaired) electrons. The zero-order chi connectivity index (χ0) is 9.68. The summed E-state index contributed by atoms with van der Waals surface area (Å²) in [5.41, 5.74) is 5.14. The van der Waals surface area contributed by atoms with Crippen molar-refractivity contribution in [3.63, 3.8) is 0 Å². The van der Waals surface area contributed by atoms with Gasteiger partial charge in [-0.05, 0) is 18.6 Å². The number of nitrogens with two attached hydrogens (primary N) is 1. The van der Waals surface area contributed by atoms with E-state index in [0.29, 0.717) is 5.75 Å². The van der Waals surface area contributed by atoms with Crippen molar-refractivity contribution in [1.82, 2.24) is 14.7 Å². The van der Waals surface area contributed by atoms with E-state index >= 15 is 0 Å². The van der Waals surface area contributed by atoms with E-state index in [1.165, 1.54) is 29.6 Å². The van der Waals surface area contributed by atoms with Crippen molar-refractivity contribution in [2.24, 2.45) is 5.73 Å². The number of thioether (sulfide) groups is 1. The quantitative estimate of drug-likeness (QED) is 0.663. The summed E-state index contributed by atoms with van der Waals surface area (Å²) in [6, 6.07) is -0.311. The molecule has 72 valence electrons. The van der Waals surface area contributed by atoms with Gasteiger partial charge in [0.25, 0.3) is 0 Å². The van der Waals surface area contributed by atoms with Crippen LogP contribution in [0.2, 0.25) is 0 Å². The Kier molecular flexibility index (Phi) is 4.13. The second-order valence-corrected chi connectivity index (χ2v) is 4.31. The van der Waals surface area contributed by atoms with E-state index in [1.54, 1.807) is 7.05 Å². The Morgan fingerprint density at radius 1 is 1.92 bits per heavy atom. The largest absolute Gasteiger partial charge is 0.368 e. The summed E-state index contributed by atoms with van der Waals surface area (Å²) in [6.45, 7) is 0. The van der Waals surface area contributed by atoms with Gasteiger partial charge in [-0.2, -0.15) is 4.37 Å². The van der Waals surface area contributed by atoms with E-state index in [9.17, 15) is 4.79 Å². The highest BCUT2D eigenvalue weighted by Crippen LogP contribution is 2.18. The number of hydrogen-bond donors (Lipinski definition) is 2. The Balaban J connectivity index is 2.36. The first-order valence-corrected chi connectivity index (χ1v) is 5.36. The number of carbonyl (C=O) groups is 1. The Labute approximate surface area is 84.3 Å². The summed E-state index contributed by atoms with van der Waals surface area (Å²) in [7, 11) is 1.70. The number of hydrogen-bond acceptors (Lipinski definition) is 6. The van der Waals surface area contributed by atoms with Crippen molar-refractivity contribution >= 4 is 29.2 Å². The van der Waals surface area contributed by atoms with E-state index in [4.69, 9.17) is 5.73 Å². The van der Waals surface area contributed by atoms with E-state index < -0.39 is 0 Å². The third-order valence-electron chi connectivity index (χ3n) is 1.41. The second-order valence-electron chi connectivity index (χ2n) is 2.26. The van der Waals surface area contributed by atoms with Crippen molar-refractivity contribution in [3.8, 4) is 0 Å². The predicted octanol–water partition coefficient (Wildman–Crippen LogP) is -0.297. The van der Waals surface area contributed by atoms with Crippen LogP contribution in [0, 0.1) is 0 Å². The molecule has 0 saturated carbocycles. The van der Waals surface area contributed by atoms with Crippen molar-refractivity contribution in [3.05, 3.63) is 6.33 Å². The minimum absolute atomic E-state index is 0.311. The molecular weight excluding hydrogens is 208 g/mol. The Bertz CT molecular complexity index is 264. The van der Waals surface area contributed by atoms with Gasteiger partial charge in [0.1, 0.15) is 6.33 Å². The first-order chi connectivity index (χ1) is 6.24. The van der Waals surface area contributed by atoms with E-state index in [0.717, 1.165) is 4.34 Å². The summed E-state index contributed by atoms with van der Waals surface area (Å²) in [6.07, 6.45) is 1.49. The molecule has 1 unspecified atom stereocenters. The topological polar surface area (TPSA) is 80.9 Å². The molecule has 0 aliphatic heterocycles. The van der Waals surface area contributed by atoms with Crippen molar-refractivity contribution < 1.29 is 4.79 Å². The third-order valence-corrected chi connectivity index (χ3v) is 3.30. The summed E-state index contributed by atoms with van der Waals surface area (Å²) >= 11 is 2.78. The van der Waals surface area contributed by atoms with Crippen LogP contribution in [0.5, 0.6) is 0 Å². The second kappa shape index (κ2) is 5.15. The van der Waals surface area contributed by atoms with Gasteiger partial charge in [-0.1, -0.05) is 11.8 Å². The summed E-state index contributed by atoms with van der Waals surface area (Å²) in [5.74, 6) is 0.237. The van der Waals surface area contributed by atoms with Crippen LogP contribution < -0.4 is 11.1 Å². The number of likely N-dealkylation sites (N-methyl/N-ethyl adjacent to an activating group) is 1. The predicted molar refractivity (Wildman–Crippen MR) is 52.7 cm³/mol. The summed E-state index contributed by atoms with van der Waals surface area (Å²) in [5, 5.41) is 2.82. The normalized spacial score (nSPS) is 12.7. The molecule has 1 aromatic heterocycles. The van der Waals surface area contributed by atoms with Gasteiger partial charge in [0, 0.05) is 5.75 Å². The fraction of sp³-hybridized carbons (Fsp3) is 0.500. The molecule has 0 aliphatic rings. The number of primary amides is 1. The molecule has 1 aromatic rings. The maximum Gasteiger partial charge on any atom is 0.235 e. The SMILES string of the molecule is CNC(CSc1ncns1)C(N)=O. The van der Waals surface area contributed by atoms with Crippen LogP contribution in [0.1, 0.15) is 0 Å². The molecule has 1 rings (SSSR count). The molecule has 0 aliphatic carbocycles. The number of rotatable bonds is 5. The van der Waals surface area contributed by atoms with Gasteiger partial charge >= 0.3 is 0 Å². The van der Waals surface area contributed by atoms with Crippen LogP contribution in [-0.4, -0.2) is 34.1 Å². The van der Waals surface area contributed by atoms with Gasteiger partial charge in [-0.25, -0.2) is 4.98 Å². The number of nitrogens with one attached hydrogen (secondary N) is 1. The zero-order valence-electron chi connectivity index (χ0n) is 7.06. The molecule has 0 spiro atoms. The molecule has 0 saturated heterocycles. The van der Waals surface area contributed by atoms with E-state index in [1.807, 2.05) is 0 Å². The third kappa shape index (κ3) is 3.29. The fourth-order valence-electron chi connectivity index (χ4n) is 0.689. The number of amides is 1. The average Bonchev–Trinajstić information content (AvgIpc) is 2.57. The van der Waals surface area contributed by atoms with Crippen LogP contribution in [0.15, 0.2) is 10.7 Å². The van der Waals surface area contributed by atoms with Crippen molar-refractivity contribution in [2.75, 3.05) is 12.8 Å². The van der Waals surface area contributed by atoms with Crippen LogP contribution in [0.4, 0.5) is 0 Å². The van der Waals surface area contributed by atoms with Gasteiger partial charge in [-0.3, -0.25) is 4.79 Å². The maximum absolute atomic E-state index is 10.8. The van der Waals surface area contributed by atoms with E-state index in [2.05, 4.69) is 14.7 Å². The first-order valence-electron chi connectivity index (χ1n) is 3.60. The molecule has 7 heteroatoms. The lowest BCUT2D eigenvalue weighted by Gasteiger charge is -2.09. The highest BCUT2D eigenvalue weighted by Gasteiger charge is 2.13. The van der Waals surface area contributed by atoms with Crippen LogP contribution >= 0.6 is 23.3 Å². The van der Waals surface area contributed by atoms with Crippen molar-refractivity contribution in [1.29, 1.82) is 0 Å². The number of carbonyl (C=O) groups excluding carboxylic acids is 1. The Hall–Kier alpha value is -0.660. The molecule has 0 aromatic carbocycles. The molecule has 1 amide bonds. The molecule has 5 nitrogen and oxygen atoms in total. The first kappa shape index (κ1) is 10.4. The average molecular weight is 218 g/mol. The Morgan fingerprint density at radius 2 is 2.69 bits per heavy atom. The molecule has 13 heavy (non-hydrogen) atoms. The number of aromatic nitrogens is 2.